The molecule has 0 aromatic carbocycles. The summed E-state index contributed by atoms with van der Waals surface area (Å²) in [6.45, 7) is -1.68. The molecule has 0 radical (unpaired) electrons. The van der Waals surface area contributed by atoms with E-state index in [-0.39, 0.29) is 6.61 Å². The number of aromatic amines is 1. The molecule has 2 aliphatic heterocycles. The number of nitrogens with one attached hydrogen (secondary N) is 1. The van der Waals surface area contributed by atoms with Crippen LogP contribution in [0.2, 0.25) is 0 Å². The van der Waals surface area contributed by atoms with Gasteiger partial charge in [0.2, 0.25) is 0 Å². The van der Waals surface area contributed by atoms with E-state index < -0.39 is 95.4 Å². The van der Waals surface area contributed by atoms with E-state index in [0.717, 1.165) is 16.8 Å². The van der Waals surface area contributed by atoms with Gasteiger partial charge in [0.05, 0.1) is 13.2 Å². The molecular formula is C18H26N2O17P2. The van der Waals surface area contributed by atoms with Crippen molar-refractivity contribution in [1.82, 2.24) is 9.55 Å². The average Bonchev–Trinajstić information content (AvgIpc) is 3.12. The smallest absolute Gasteiger partial charge is 0.387 e. The molecule has 21 heteroatoms. The zero-order valence-electron chi connectivity index (χ0n) is 19.6. The van der Waals surface area contributed by atoms with Crippen LogP contribution in [0, 0.1) is 12.3 Å². The summed E-state index contributed by atoms with van der Waals surface area (Å²) in [7, 11) is -11.1. The molecule has 19 nitrogen and oxygen atoms in total. The maximum absolute atomic E-state index is 12.3. The highest BCUT2D eigenvalue weighted by molar-refractivity contribution is 7.61. The van der Waals surface area contributed by atoms with Gasteiger partial charge >= 0.3 is 21.3 Å². The Balaban J connectivity index is 1.60. The summed E-state index contributed by atoms with van der Waals surface area (Å²) in [5.74, 6) is 2.12. The van der Waals surface area contributed by atoms with Gasteiger partial charge in [-0.05, 0) is 0 Å². The third kappa shape index (κ3) is 7.89. The highest BCUT2D eigenvalue weighted by Gasteiger charge is 2.49. The van der Waals surface area contributed by atoms with E-state index >= 15 is 0 Å². The van der Waals surface area contributed by atoms with Gasteiger partial charge in [-0.2, -0.15) is 4.31 Å². The zero-order chi connectivity index (χ0) is 29.1. The van der Waals surface area contributed by atoms with Crippen molar-refractivity contribution in [1.29, 1.82) is 0 Å². The fourth-order valence-corrected chi connectivity index (χ4v) is 5.73. The summed E-state index contributed by atoms with van der Waals surface area (Å²) in [5.41, 5.74) is -1.74. The van der Waals surface area contributed by atoms with Crippen molar-refractivity contribution >= 4 is 15.6 Å². The first-order valence-corrected chi connectivity index (χ1v) is 13.9. The van der Waals surface area contributed by atoms with Gasteiger partial charge < -0.3 is 49.5 Å². The fraction of sp³-hybridized carbons (Fsp3) is 0.667. The number of phosphoric acid groups is 2. The van der Waals surface area contributed by atoms with Crippen molar-refractivity contribution in [3.63, 3.8) is 0 Å². The summed E-state index contributed by atoms with van der Waals surface area (Å²) in [6.07, 6.45) is -10.1. The predicted molar refractivity (Wildman–Crippen MR) is 121 cm³/mol. The molecule has 0 amide bonds. The maximum atomic E-state index is 12.3. The Morgan fingerprint density at radius 2 is 1.59 bits per heavy atom. The number of nitrogens with zero attached hydrogens (tertiary/aromatic N) is 1. The maximum Gasteiger partial charge on any atom is 0.483 e. The van der Waals surface area contributed by atoms with Crippen LogP contribution in [0.15, 0.2) is 21.9 Å². The number of phosphoric ester groups is 2. The predicted octanol–water partition coefficient (Wildman–Crippen LogP) is -4.14. The minimum absolute atomic E-state index is 0.220. The van der Waals surface area contributed by atoms with Crippen molar-refractivity contribution in [2.45, 2.75) is 55.2 Å². The van der Waals surface area contributed by atoms with Crippen LogP contribution in [0.3, 0.4) is 0 Å². The average molecular weight is 604 g/mol. The molecule has 1 aromatic rings. The van der Waals surface area contributed by atoms with Crippen LogP contribution in [0.1, 0.15) is 6.23 Å². The van der Waals surface area contributed by atoms with Gasteiger partial charge in [-0.1, -0.05) is 5.92 Å². The molecule has 1 aromatic heterocycles. The lowest BCUT2D eigenvalue weighted by Gasteiger charge is -2.40. The molecule has 6 unspecified atom stereocenters. The molecule has 2 aliphatic rings. The number of hydrogen-bond donors (Lipinski definition) is 8. The first-order valence-electron chi connectivity index (χ1n) is 10.9. The molecule has 8 N–H and O–H groups in total. The molecule has 0 saturated carbocycles. The Labute approximate surface area is 218 Å². The minimum atomic E-state index is -5.61. The van der Waals surface area contributed by atoms with Crippen molar-refractivity contribution in [2.75, 3.05) is 19.8 Å². The summed E-state index contributed by atoms with van der Waals surface area (Å²) in [6, 6.07) is 0.932. The van der Waals surface area contributed by atoms with Gasteiger partial charge in [-0.3, -0.25) is 23.4 Å². The van der Waals surface area contributed by atoms with Gasteiger partial charge in [-0.25, -0.2) is 13.9 Å². The van der Waals surface area contributed by atoms with E-state index in [0.29, 0.717) is 0 Å². The topological polar surface area (TPSA) is 286 Å². The Bertz CT molecular complexity index is 1250. The SMILES string of the molecule is C#CCOCC1OC(OP(=O)(O)OP(=O)(O)OC[C@H]2O[C@@H](n3ccc(=O)[nH]c3=O)C(O)[C@H]2O)C(O)[C@@H](O)[C@H]1O. The molecular weight excluding hydrogens is 578 g/mol. The van der Waals surface area contributed by atoms with Crippen molar-refractivity contribution in [3.8, 4) is 12.3 Å². The number of hydrogen-bond acceptors (Lipinski definition) is 15. The third-order valence-electron chi connectivity index (χ3n) is 5.44. The highest BCUT2D eigenvalue weighted by atomic mass is 31.3. The van der Waals surface area contributed by atoms with Gasteiger partial charge in [0.25, 0.3) is 5.56 Å². The second kappa shape index (κ2) is 12.8. The van der Waals surface area contributed by atoms with Crippen LogP contribution in [0.25, 0.3) is 0 Å². The van der Waals surface area contributed by atoms with Crippen LogP contribution in [-0.2, 0) is 36.7 Å². The minimum Gasteiger partial charge on any atom is -0.387 e. The number of ether oxygens (including phenoxy) is 3. The quantitative estimate of drug-likeness (QED) is 0.0676. The molecule has 0 spiro atoms. The molecule has 0 aliphatic carbocycles. The lowest BCUT2D eigenvalue weighted by atomic mass is 9.99. The van der Waals surface area contributed by atoms with E-state index in [1.807, 2.05) is 4.98 Å². The third-order valence-corrected chi connectivity index (χ3v) is 8.04. The number of aromatic nitrogens is 2. The number of aliphatic hydroxyl groups is 5. The van der Waals surface area contributed by atoms with Crippen LogP contribution in [0.4, 0.5) is 0 Å². The van der Waals surface area contributed by atoms with E-state index in [9.17, 15) is 54.0 Å². The van der Waals surface area contributed by atoms with Crippen LogP contribution in [-0.4, -0.2) is 114 Å². The Morgan fingerprint density at radius 3 is 2.23 bits per heavy atom. The second-order valence-corrected chi connectivity index (χ2v) is 11.2. The molecule has 2 saturated heterocycles. The van der Waals surface area contributed by atoms with E-state index in [2.05, 4.69) is 19.3 Å². The Morgan fingerprint density at radius 1 is 0.949 bits per heavy atom. The summed E-state index contributed by atoms with van der Waals surface area (Å²) < 4.78 is 53.8. The number of H-pyrrole nitrogens is 1. The van der Waals surface area contributed by atoms with Gasteiger partial charge in [0, 0.05) is 12.3 Å². The zero-order valence-corrected chi connectivity index (χ0v) is 21.4. The molecule has 3 rings (SSSR count). The second-order valence-electron chi connectivity index (χ2n) is 8.22. The Kier molecular flexibility index (Phi) is 10.4. The molecule has 0 bridgehead atoms. The summed E-state index contributed by atoms with van der Waals surface area (Å²) in [5, 5.41) is 50.3. The fourth-order valence-electron chi connectivity index (χ4n) is 3.57. The number of terminal acetylenes is 1. The standard InChI is InChI=1S/C18H26N2O17P2/c1-2-5-32-6-8-11(22)13(24)15(26)17(35-8)36-39(30,31)37-38(28,29)33-7-9-12(23)14(25)16(34-9)20-4-3-10(21)19-18(20)27/h1,3-4,8-9,11-17,22-26H,5-7H2,(H,28,29)(H,30,31)(H,19,21,27)/t8?,9-,11+,12+,13+,14?,15?,16-,17?/m1/s1. The first-order chi connectivity index (χ1) is 18.2. The Hall–Kier alpha value is -1.82. The van der Waals surface area contributed by atoms with Crippen molar-refractivity contribution < 1.29 is 72.0 Å². The highest BCUT2D eigenvalue weighted by Crippen LogP contribution is 2.61. The lowest BCUT2D eigenvalue weighted by Crippen LogP contribution is -2.59. The monoisotopic (exact) mass is 604 g/mol. The van der Waals surface area contributed by atoms with E-state index in [1.165, 1.54) is 0 Å². The van der Waals surface area contributed by atoms with Crippen molar-refractivity contribution in [2.24, 2.45) is 0 Å². The molecule has 3 heterocycles. The van der Waals surface area contributed by atoms with E-state index in [4.69, 9.17) is 20.6 Å². The molecule has 11 atom stereocenters. The largest absolute Gasteiger partial charge is 0.483 e. The molecule has 220 valence electrons. The van der Waals surface area contributed by atoms with Gasteiger partial charge in [-0.15, -0.1) is 6.42 Å². The molecule has 2 fully saturated rings. The van der Waals surface area contributed by atoms with Crippen LogP contribution in [0.5, 0.6) is 0 Å². The lowest BCUT2D eigenvalue weighted by molar-refractivity contribution is -0.282. The summed E-state index contributed by atoms with van der Waals surface area (Å²) >= 11 is 0. The number of aliphatic hydroxyl groups excluding tert-OH is 5. The van der Waals surface area contributed by atoms with Crippen molar-refractivity contribution in [3.05, 3.63) is 33.1 Å². The van der Waals surface area contributed by atoms with Crippen LogP contribution >= 0.6 is 15.6 Å². The van der Waals surface area contributed by atoms with E-state index in [1.54, 1.807) is 0 Å². The normalized spacial score (nSPS) is 36.1. The summed E-state index contributed by atoms with van der Waals surface area (Å²) in [4.78, 5) is 44.8. The van der Waals surface area contributed by atoms with Crippen LogP contribution < -0.4 is 11.2 Å². The molecule has 39 heavy (non-hydrogen) atoms. The number of rotatable bonds is 11. The van der Waals surface area contributed by atoms with Gasteiger partial charge in [0.15, 0.2) is 12.5 Å². The first kappa shape index (κ1) is 31.7. The van der Waals surface area contributed by atoms with Gasteiger partial charge in [0.1, 0.15) is 49.3 Å².